The van der Waals surface area contributed by atoms with Gasteiger partial charge >= 0.3 is 0 Å². The zero-order chi connectivity index (χ0) is 17.3. The molecule has 1 aliphatic heterocycles. The van der Waals surface area contributed by atoms with E-state index in [-0.39, 0.29) is 0 Å². The van der Waals surface area contributed by atoms with Gasteiger partial charge in [-0.25, -0.2) is 4.68 Å². The molecule has 1 saturated heterocycles. The second-order valence-electron chi connectivity index (χ2n) is 6.00. The van der Waals surface area contributed by atoms with Gasteiger partial charge in [-0.3, -0.25) is 0 Å². The molecule has 5 rings (SSSR count). The monoisotopic (exact) mass is 348 g/mol. The molecule has 0 atom stereocenters. The minimum Gasteiger partial charge on any atom is -0.352 e. The van der Waals surface area contributed by atoms with E-state index in [1.165, 1.54) is 0 Å². The van der Waals surface area contributed by atoms with Gasteiger partial charge in [0.15, 0.2) is 17.3 Å². The highest BCUT2D eigenvalue weighted by Gasteiger charge is 2.20. The van der Waals surface area contributed by atoms with Crippen molar-refractivity contribution in [1.29, 1.82) is 0 Å². The van der Waals surface area contributed by atoms with Crippen molar-refractivity contribution in [2.24, 2.45) is 0 Å². The van der Waals surface area contributed by atoms with Gasteiger partial charge < -0.3 is 9.80 Å². The van der Waals surface area contributed by atoms with Gasteiger partial charge in [0.25, 0.3) is 0 Å². The normalized spacial score (nSPS) is 14.9. The first kappa shape index (κ1) is 14.8. The van der Waals surface area contributed by atoms with Crippen molar-refractivity contribution in [1.82, 2.24) is 39.8 Å². The Morgan fingerprint density at radius 1 is 0.769 bits per heavy atom. The van der Waals surface area contributed by atoms with Crippen LogP contribution in [0.3, 0.4) is 0 Å². The molecule has 130 valence electrons. The molecular weight excluding hydrogens is 332 g/mol. The summed E-state index contributed by atoms with van der Waals surface area (Å²) in [5, 5.41) is 25.2. The van der Waals surface area contributed by atoms with Crippen LogP contribution in [0.1, 0.15) is 0 Å². The smallest absolute Gasteiger partial charge is 0.177 e. The fraction of sp³-hybridized carbons (Fsp3) is 0.250. The van der Waals surface area contributed by atoms with Crippen LogP contribution < -0.4 is 9.80 Å². The Hall–Kier alpha value is -3.56. The van der Waals surface area contributed by atoms with Gasteiger partial charge in [0.2, 0.25) is 0 Å². The highest BCUT2D eigenvalue weighted by atomic mass is 15.4. The molecule has 0 unspecified atom stereocenters. The molecule has 0 N–H and O–H groups in total. The second-order valence-corrected chi connectivity index (χ2v) is 6.00. The Morgan fingerprint density at radius 3 is 2.23 bits per heavy atom. The predicted molar refractivity (Wildman–Crippen MR) is 94.4 cm³/mol. The van der Waals surface area contributed by atoms with E-state index in [0.717, 1.165) is 43.5 Å². The summed E-state index contributed by atoms with van der Waals surface area (Å²) in [4.78, 5) is 4.48. The van der Waals surface area contributed by atoms with Crippen LogP contribution in [0.4, 0.5) is 11.6 Å². The van der Waals surface area contributed by atoms with Gasteiger partial charge in [0.1, 0.15) is 12.1 Å². The van der Waals surface area contributed by atoms with Crippen LogP contribution in [0.15, 0.2) is 49.1 Å². The van der Waals surface area contributed by atoms with Crippen LogP contribution in [0, 0.1) is 0 Å². The Bertz CT molecular complexity index is 999. The second kappa shape index (κ2) is 6.06. The Labute approximate surface area is 148 Å². The zero-order valence-corrected chi connectivity index (χ0v) is 13.9. The van der Waals surface area contributed by atoms with Crippen molar-refractivity contribution in [2.45, 2.75) is 0 Å². The van der Waals surface area contributed by atoms with Crippen molar-refractivity contribution >= 4 is 17.3 Å². The maximum absolute atomic E-state index is 4.56. The van der Waals surface area contributed by atoms with Gasteiger partial charge in [0, 0.05) is 38.6 Å². The number of fused-ring (bicyclic) bond motifs is 1. The Kier molecular flexibility index (Phi) is 3.44. The summed E-state index contributed by atoms with van der Waals surface area (Å²) < 4.78 is 3.39. The number of aromatic nitrogens is 8. The van der Waals surface area contributed by atoms with E-state index in [9.17, 15) is 0 Å². The van der Waals surface area contributed by atoms with Crippen LogP contribution >= 0.6 is 0 Å². The highest BCUT2D eigenvalue weighted by Crippen LogP contribution is 2.18. The molecule has 5 heterocycles. The van der Waals surface area contributed by atoms with Gasteiger partial charge in [-0.05, 0) is 30.3 Å². The molecule has 0 bridgehead atoms. The molecular formula is C16H16N10. The molecule has 0 amide bonds. The third kappa shape index (κ3) is 2.61. The van der Waals surface area contributed by atoms with Gasteiger partial charge in [-0.1, -0.05) is 0 Å². The van der Waals surface area contributed by atoms with E-state index >= 15 is 0 Å². The molecule has 26 heavy (non-hydrogen) atoms. The zero-order valence-electron chi connectivity index (χ0n) is 13.9. The third-order valence-electron chi connectivity index (χ3n) is 4.45. The Morgan fingerprint density at radius 2 is 1.50 bits per heavy atom. The number of hydrogen-bond donors (Lipinski definition) is 0. The summed E-state index contributed by atoms with van der Waals surface area (Å²) >= 11 is 0. The van der Waals surface area contributed by atoms with E-state index in [1.54, 1.807) is 21.7 Å². The van der Waals surface area contributed by atoms with Crippen molar-refractivity contribution in [2.75, 3.05) is 36.0 Å². The van der Waals surface area contributed by atoms with E-state index in [0.29, 0.717) is 5.82 Å². The summed E-state index contributed by atoms with van der Waals surface area (Å²) in [5.41, 5.74) is 0.750. The summed E-state index contributed by atoms with van der Waals surface area (Å²) in [6.07, 6.45) is 5.19. The summed E-state index contributed by atoms with van der Waals surface area (Å²) in [6, 6.07) is 9.70. The number of hydrogen-bond acceptors (Lipinski definition) is 8. The fourth-order valence-corrected chi connectivity index (χ4v) is 3.07. The maximum atomic E-state index is 4.56. The predicted octanol–water partition coefficient (Wildman–Crippen LogP) is 0.427. The number of nitrogens with zero attached hydrogens (tertiary/aromatic N) is 10. The lowest BCUT2D eigenvalue weighted by Gasteiger charge is -2.35. The van der Waals surface area contributed by atoms with Crippen LogP contribution in [0.25, 0.3) is 11.5 Å². The lowest BCUT2D eigenvalue weighted by molar-refractivity contribution is 0.631. The molecule has 0 aliphatic carbocycles. The molecule has 10 nitrogen and oxygen atoms in total. The minimum atomic E-state index is 0.712. The fourth-order valence-electron chi connectivity index (χ4n) is 3.07. The van der Waals surface area contributed by atoms with Crippen molar-refractivity contribution in [3.8, 4) is 5.82 Å². The molecule has 10 heteroatoms. The van der Waals surface area contributed by atoms with Crippen LogP contribution in [0.2, 0.25) is 0 Å². The highest BCUT2D eigenvalue weighted by molar-refractivity contribution is 5.48. The van der Waals surface area contributed by atoms with Gasteiger partial charge in [0.05, 0.1) is 0 Å². The summed E-state index contributed by atoms with van der Waals surface area (Å²) in [7, 11) is 0. The first-order valence-electron chi connectivity index (χ1n) is 8.37. The average Bonchev–Trinajstić information content (AvgIpc) is 3.39. The topological polar surface area (TPSA) is 93.2 Å². The molecule has 0 radical (unpaired) electrons. The van der Waals surface area contributed by atoms with Crippen molar-refractivity contribution < 1.29 is 0 Å². The Balaban J connectivity index is 1.27. The first-order chi connectivity index (χ1) is 12.9. The standard InChI is InChI=1S/C16H16N10/c1-6-18-25(7-1)15-3-2-13(20-21-15)23-8-10-24(11-9-23)16-5-4-14-19-17-12-26(14)22-16/h1-7,12H,8-11H2. The molecule has 0 spiro atoms. The van der Waals surface area contributed by atoms with Crippen LogP contribution in [0.5, 0.6) is 0 Å². The number of piperazine rings is 1. The van der Waals surface area contributed by atoms with E-state index in [4.69, 9.17) is 0 Å². The van der Waals surface area contributed by atoms with E-state index < -0.39 is 0 Å². The average molecular weight is 348 g/mol. The summed E-state index contributed by atoms with van der Waals surface area (Å²) in [6.45, 7) is 3.45. The lowest BCUT2D eigenvalue weighted by Crippen LogP contribution is -2.47. The third-order valence-corrected chi connectivity index (χ3v) is 4.45. The molecule has 1 fully saturated rings. The number of rotatable bonds is 3. The number of anilines is 2. The molecule has 0 saturated carbocycles. The molecule has 0 aromatic carbocycles. The maximum Gasteiger partial charge on any atom is 0.177 e. The molecule has 4 aromatic heterocycles. The van der Waals surface area contributed by atoms with Gasteiger partial charge in [-0.2, -0.15) is 9.61 Å². The molecule has 4 aromatic rings. The first-order valence-corrected chi connectivity index (χ1v) is 8.37. The lowest BCUT2D eigenvalue weighted by atomic mass is 10.3. The quantitative estimate of drug-likeness (QED) is 0.526. The van der Waals surface area contributed by atoms with E-state index in [1.807, 2.05) is 36.5 Å². The molecule has 1 aliphatic rings. The summed E-state index contributed by atoms with van der Waals surface area (Å²) in [5.74, 6) is 2.52. The largest absolute Gasteiger partial charge is 0.352 e. The van der Waals surface area contributed by atoms with Crippen LogP contribution in [-0.4, -0.2) is 66.0 Å². The van der Waals surface area contributed by atoms with E-state index in [2.05, 4.69) is 40.4 Å². The minimum absolute atomic E-state index is 0.712. The van der Waals surface area contributed by atoms with Crippen LogP contribution in [-0.2, 0) is 0 Å². The van der Waals surface area contributed by atoms with Crippen molar-refractivity contribution in [3.63, 3.8) is 0 Å². The van der Waals surface area contributed by atoms with Crippen molar-refractivity contribution in [3.05, 3.63) is 49.1 Å². The van der Waals surface area contributed by atoms with Gasteiger partial charge in [-0.15, -0.1) is 25.5 Å². The SMILES string of the molecule is c1cnn(-c2ccc(N3CCN(c4ccc5nncn5n4)CC3)nn2)c1.